The van der Waals surface area contributed by atoms with Gasteiger partial charge < -0.3 is 19.3 Å². The molecule has 20 heavy (non-hydrogen) atoms. The van der Waals surface area contributed by atoms with Gasteiger partial charge in [-0.15, -0.1) is 0 Å². The first-order valence-corrected chi connectivity index (χ1v) is 6.22. The summed E-state index contributed by atoms with van der Waals surface area (Å²) in [5.74, 6) is 0.0960. The molecule has 6 nitrogen and oxygen atoms in total. The summed E-state index contributed by atoms with van der Waals surface area (Å²) in [5.41, 5.74) is 0.440. The highest BCUT2D eigenvalue weighted by Gasteiger charge is 2.30. The van der Waals surface area contributed by atoms with Crippen LogP contribution in [-0.2, 0) is 9.53 Å². The van der Waals surface area contributed by atoms with Crippen molar-refractivity contribution >= 4 is 5.97 Å². The van der Waals surface area contributed by atoms with E-state index in [1.54, 1.807) is 18.2 Å². The summed E-state index contributed by atoms with van der Waals surface area (Å²) < 4.78 is 16.0. The molecule has 0 aliphatic carbocycles. The summed E-state index contributed by atoms with van der Waals surface area (Å²) in [5, 5.41) is 17.7. The Morgan fingerprint density at radius 1 is 1.45 bits per heavy atom. The maximum atomic E-state index is 10.8. The highest BCUT2D eigenvalue weighted by atomic mass is 16.6. The van der Waals surface area contributed by atoms with Crippen LogP contribution in [0.15, 0.2) is 18.2 Å². The van der Waals surface area contributed by atoms with E-state index in [0.29, 0.717) is 29.9 Å². The quantitative estimate of drug-likeness (QED) is 0.879. The summed E-state index contributed by atoms with van der Waals surface area (Å²) in [6.45, 7) is 0.252. The molecule has 0 saturated carbocycles. The second kappa shape index (κ2) is 6.26. The molecule has 0 bridgehead atoms. The molecule has 1 aliphatic heterocycles. The maximum absolute atomic E-state index is 10.8. The third kappa shape index (κ3) is 3.39. The Kier molecular flexibility index (Phi) is 4.43. The van der Waals surface area contributed by atoms with E-state index in [0.717, 1.165) is 0 Å². The molecule has 0 radical (unpaired) electrons. The predicted octanol–water partition coefficient (Wildman–Crippen LogP) is 1.58. The van der Waals surface area contributed by atoms with E-state index in [1.165, 1.54) is 7.11 Å². The summed E-state index contributed by atoms with van der Waals surface area (Å²) >= 11 is 0. The second-order valence-corrected chi connectivity index (χ2v) is 4.48. The van der Waals surface area contributed by atoms with Crippen molar-refractivity contribution in [2.75, 3.05) is 13.7 Å². The van der Waals surface area contributed by atoms with Crippen LogP contribution >= 0.6 is 0 Å². The van der Waals surface area contributed by atoms with Crippen LogP contribution in [0.25, 0.3) is 0 Å². The lowest BCUT2D eigenvalue weighted by molar-refractivity contribution is -0.149. The minimum Gasteiger partial charge on any atom is -0.497 e. The lowest BCUT2D eigenvalue weighted by Crippen LogP contribution is -2.23. The predicted molar refractivity (Wildman–Crippen MR) is 68.7 cm³/mol. The standard InChI is InChI=1S/C14H15NO5/c1-18-11-4-9(7-15)5-12(6-11)19-8-10-2-3-13(20-10)14(16)17/h4-6,10,13H,2-3,8H2,1H3,(H,16,17). The zero-order chi connectivity index (χ0) is 14.5. The number of rotatable bonds is 5. The van der Waals surface area contributed by atoms with Gasteiger partial charge in [-0.05, 0) is 25.0 Å². The molecule has 1 aliphatic rings. The van der Waals surface area contributed by atoms with Crippen molar-refractivity contribution in [1.29, 1.82) is 5.26 Å². The van der Waals surface area contributed by atoms with Crippen molar-refractivity contribution in [3.8, 4) is 17.6 Å². The van der Waals surface area contributed by atoms with Gasteiger partial charge in [0.05, 0.1) is 24.8 Å². The zero-order valence-corrected chi connectivity index (χ0v) is 11.0. The van der Waals surface area contributed by atoms with Crippen LogP contribution in [0.1, 0.15) is 18.4 Å². The van der Waals surface area contributed by atoms with Crippen LogP contribution in [-0.4, -0.2) is 37.0 Å². The third-order valence-electron chi connectivity index (χ3n) is 3.06. The highest BCUT2D eigenvalue weighted by molar-refractivity contribution is 5.72. The number of carboxylic acids is 1. The van der Waals surface area contributed by atoms with E-state index in [-0.39, 0.29) is 12.7 Å². The number of hydrogen-bond donors (Lipinski definition) is 1. The van der Waals surface area contributed by atoms with Gasteiger partial charge in [0.25, 0.3) is 0 Å². The Morgan fingerprint density at radius 3 is 2.80 bits per heavy atom. The molecular weight excluding hydrogens is 262 g/mol. The van der Waals surface area contributed by atoms with Crippen molar-refractivity contribution in [3.05, 3.63) is 23.8 Å². The molecule has 1 heterocycles. The van der Waals surface area contributed by atoms with Crippen LogP contribution in [0.4, 0.5) is 0 Å². The molecule has 2 rings (SSSR count). The van der Waals surface area contributed by atoms with E-state index in [1.807, 2.05) is 6.07 Å². The highest BCUT2D eigenvalue weighted by Crippen LogP contribution is 2.25. The number of aliphatic carboxylic acids is 1. The number of ether oxygens (including phenoxy) is 3. The molecule has 2 atom stereocenters. The van der Waals surface area contributed by atoms with Gasteiger partial charge in [0.2, 0.25) is 0 Å². The van der Waals surface area contributed by atoms with Crippen LogP contribution < -0.4 is 9.47 Å². The average Bonchev–Trinajstić information content (AvgIpc) is 2.93. The number of carboxylic acid groups (broad SMARTS) is 1. The molecule has 0 spiro atoms. The van der Waals surface area contributed by atoms with Gasteiger partial charge in [-0.2, -0.15) is 5.26 Å². The van der Waals surface area contributed by atoms with Crippen molar-refractivity contribution in [2.24, 2.45) is 0 Å². The van der Waals surface area contributed by atoms with E-state index in [2.05, 4.69) is 0 Å². The number of carbonyl (C=O) groups is 1. The van der Waals surface area contributed by atoms with E-state index in [4.69, 9.17) is 24.6 Å². The molecule has 1 aromatic carbocycles. The molecule has 1 saturated heterocycles. The number of benzene rings is 1. The summed E-state index contributed by atoms with van der Waals surface area (Å²) in [6.07, 6.45) is 0.146. The topological polar surface area (TPSA) is 88.8 Å². The second-order valence-electron chi connectivity index (χ2n) is 4.48. The minimum atomic E-state index is -0.944. The smallest absolute Gasteiger partial charge is 0.332 e. The summed E-state index contributed by atoms with van der Waals surface area (Å²) in [4.78, 5) is 10.8. The van der Waals surface area contributed by atoms with E-state index >= 15 is 0 Å². The Bertz CT molecular complexity index is 537. The van der Waals surface area contributed by atoms with Crippen molar-refractivity contribution in [1.82, 2.24) is 0 Å². The fourth-order valence-electron chi connectivity index (χ4n) is 2.04. The fraction of sp³-hybridized carbons (Fsp3) is 0.429. The first-order valence-electron chi connectivity index (χ1n) is 6.22. The number of methoxy groups -OCH3 is 1. The van der Waals surface area contributed by atoms with E-state index < -0.39 is 12.1 Å². The zero-order valence-electron chi connectivity index (χ0n) is 11.0. The Balaban J connectivity index is 1.94. The molecule has 6 heteroatoms. The number of hydrogen-bond acceptors (Lipinski definition) is 5. The lowest BCUT2D eigenvalue weighted by Gasteiger charge is -2.13. The molecule has 1 aromatic rings. The van der Waals surface area contributed by atoms with Gasteiger partial charge in [-0.3, -0.25) is 0 Å². The monoisotopic (exact) mass is 277 g/mol. The SMILES string of the molecule is COc1cc(C#N)cc(OCC2CCC(C(=O)O)O2)c1. The van der Waals surface area contributed by atoms with Gasteiger partial charge in [0.1, 0.15) is 18.1 Å². The molecule has 0 amide bonds. The first kappa shape index (κ1) is 14.2. The Labute approximate surface area is 116 Å². The van der Waals surface area contributed by atoms with Crippen LogP contribution in [0, 0.1) is 11.3 Å². The number of nitriles is 1. The first-order chi connectivity index (χ1) is 9.62. The molecular formula is C14H15NO5. The van der Waals surface area contributed by atoms with Gasteiger partial charge in [0.15, 0.2) is 6.10 Å². The van der Waals surface area contributed by atoms with Crippen molar-refractivity contribution in [3.63, 3.8) is 0 Å². The minimum absolute atomic E-state index is 0.243. The number of nitrogens with zero attached hydrogens (tertiary/aromatic N) is 1. The summed E-state index contributed by atoms with van der Waals surface area (Å²) in [7, 11) is 1.51. The molecule has 1 N–H and O–H groups in total. The molecule has 2 unspecified atom stereocenters. The molecule has 0 aromatic heterocycles. The van der Waals surface area contributed by atoms with Gasteiger partial charge >= 0.3 is 5.97 Å². The largest absolute Gasteiger partial charge is 0.497 e. The van der Waals surface area contributed by atoms with Crippen LogP contribution in [0.3, 0.4) is 0 Å². The average molecular weight is 277 g/mol. The lowest BCUT2D eigenvalue weighted by atomic mass is 10.2. The summed E-state index contributed by atoms with van der Waals surface area (Å²) in [6, 6.07) is 6.91. The third-order valence-corrected chi connectivity index (χ3v) is 3.06. The Hall–Kier alpha value is -2.26. The van der Waals surface area contributed by atoms with Gasteiger partial charge in [-0.25, -0.2) is 4.79 Å². The van der Waals surface area contributed by atoms with Crippen LogP contribution in [0.2, 0.25) is 0 Å². The van der Waals surface area contributed by atoms with Crippen molar-refractivity contribution in [2.45, 2.75) is 25.0 Å². The normalized spacial score (nSPS) is 21.2. The molecule has 1 fully saturated rings. The Morgan fingerprint density at radius 2 is 2.20 bits per heavy atom. The maximum Gasteiger partial charge on any atom is 0.332 e. The van der Waals surface area contributed by atoms with Gasteiger partial charge in [0, 0.05) is 6.07 Å². The van der Waals surface area contributed by atoms with E-state index in [9.17, 15) is 4.79 Å². The van der Waals surface area contributed by atoms with Gasteiger partial charge in [-0.1, -0.05) is 0 Å². The van der Waals surface area contributed by atoms with Crippen LogP contribution in [0.5, 0.6) is 11.5 Å². The fourth-order valence-corrected chi connectivity index (χ4v) is 2.04. The molecule has 106 valence electrons. The van der Waals surface area contributed by atoms with Crippen molar-refractivity contribution < 1.29 is 24.1 Å².